The molecule has 0 aliphatic rings. The van der Waals surface area contributed by atoms with Crippen molar-refractivity contribution in [2.24, 2.45) is 0 Å². The van der Waals surface area contributed by atoms with Crippen LogP contribution in [0, 0.1) is 0 Å². The van der Waals surface area contributed by atoms with Gasteiger partial charge in [-0.2, -0.15) is 0 Å². The van der Waals surface area contributed by atoms with Gasteiger partial charge < -0.3 is 15.0 Å². The van der Waals surface area contributed by atoms with E-state index in [1.165, 1.54) is 5.56 Å². The molecule has 1 aromatic heterocycles. The fourth-order valence-electron chi connectivity index (χ4n) is 2.38. The molecule has 2 amide bonds. The highest BCUT2D eigenvalue weighted by Gasteiger charge is 2.14. The van der Waals surface area contributed by atoms with Gasteiger partial charge in [-0.3, -0.25) is 4.98 Å². The van der Waals surface area contributed by atoms with E-state index in [0.717, 1.165) is 17.5 Å². The second kappa shape index (κ2) is 9.67. The van der Waals surface area contributed by atoms with Gasteiger partial charge in [0.1, 0.15) is 0 Å². The second-order valence-electron chi connectivity index (χ2n) is 5.61. The molecule has 0 radical (unpaired) electrons. The van der Waals surface area contributed by atoms with Gasteiger partial charge in [-0.15, -0.1) is 0 Å². The number of nitrogens with zero attached hydrogens (tertiary/aromatic N) is 2. The molecule has 128 valence electrons. The van der Waals surface area contributed by atoms with Crippen LogP contribution in [-0.4, -0.2) is 36.2 Å². The Hall–Kier alpha value is -2.40. The number of pyridine rings is 1. The maximum absolute atomic E-state index is 12.5. The van der Waals surface area contributed by atoms with Crippen LogP contribution in [-0.2, 0) is 24.2 Å². The summed E-state index contributed by atoms with van der Waals surface area (Å²) in [6, 6.07) is 12.1. The number of aryl methyl sites for hydroxylation is 1. The summed E-state index contributed by atoms with van der Waals surface area (Å²) in [5.41, 5.74) is 3.41. The number of carbonyl (C=O) groups excluding carboxylic acids is 1. The molecule has 0 saturated heterocycles. The predicted molar refractivity (Wildman–Crippen MR) is 94.6 cm³/mol. The summed E-state index contributed by atoms with van der Waals surface area (Å²) in [5, 5.41) is 2.89. The molecular formula is C19H25N3O2. The minimum Gasteiger partial charge on any atom is -0.383 e. The largest absolute Gasteiger partial charge is 0.383 e. The molecule has 24 heavy (non-hydrogen) atoms. The zero-order valence-corrected chi connectivity index (χ0v) is 14.4. The van der Waals surface area contributed by atoms with Crippen molar-refractivity contribution < 1.29 is 9.53 Å². The van der Waals surface area contributed by atoms with Gasteiger partial charge >= 0.3 is 6.03 Å². The van der Waals surface area contributed by atoms with Crippen LogP contribution in [0.3, 0.4) is 0 Å². The Bertz CT molecular complexity index is 614. The fourth-order valence-corrected chi connectivity index (χ4v) is 2.38. The van der Waals surface area contributed by atoms with Gasteiger partial charge in [0.05, 0.1) is 6.61 Å². The number of nitrogens with one attached hydrogen (secondary N) is 1. The van der Waals surface area contributed by atoms with Crippen LogP contribution in [0.5, 0.6) is 0 Å². The topological polar surface area (TPSA) is 54.5 Å². The zero-order chi connectivity index (χ0) is 17.2. The first-order chi connectivity index (χ1) is 11.7. The maximum Gasteiger partial charge on any atom is 0.318 e. The van der Waals surface area contributed by atoms with Crippen LogP contribution >= 0.6 is 0 Å². The molecular weight excluding hydrogens is 302 g/mol. The third kappa shape index (κ3) is 5.66. The molecule has 5 heteroatoms. The molecule has 0 aliphatic carbocycles. The van der Waals surface area contributed by atoms with Crippen molar-refractivity contribution in [3.05, 3.63) is 65.5 Å². The first-order valence-electron chi connectivity index (χ1n) is 8.21. The van der Waals surface area contributed by atoms with Crippen LogP contribution in [0.2, 0.25) is 0 Å². The number of aromatic nitrogens is 1. The van der Waals surface area contributed by atoms with E-state index < -0.39 is 0 Å². The van der Waals surface area contributed by atoms with Crippen molar-refractivity contribution in [2.75, 3.05) is 20.3 Å². The standard InChI is InChI=1S/C19H25N3O2/c1-3-16-6-8-17(9-7-16)14-22(19(23)21-11-12-24-2)15-18-5-4-10-20-13-18/h4-10,13H,3,11-12,14-15H2,1-2H3,(H,21,23). The summed E-state index contributed by atoms with van der Waals surface area (Å²) in [6.07, 6.45) is 4.53. The van der Waals surface area contributed by atoms with Crippen molar-refractivity contribution in [1.82, 2.24) is 15.2 Å². The SMILES string of the molecule is CCc1ccc(CN(Cc2cccnc2)C(=O)NCCOC)cc1. The molecule has 0 aliphatic heterocycles. The average Bonchev–Trinajstić information content (AvgIpc) is 2.63. The van der Waals surface area contributed by atoms with Crippen LogP contribution in [0.1, 0.15) is 23.6 Å². The summed E-state index contributed by atoms with van der Waals surface area (Å²) in [4.78, 5) is 18.4. The number of benzene rings is 1. The van der Waals surface area contributed by atoms with Gasteiger partial charge in [-0.05, 0) is 29.2 Å². The molecule has 1 aromatic carbocycles. The summed E-state index contributed by atoms with van der Waals surface area (Å²) >= 11 is 0. The van der Waals surface area contributed by atoms with Crippen LogP contribution in [0.25, 0.3) is 0 Å². The summed E-state index contributed by atoms with van der Waals surface area (Å²) in [6.45, 7) is 4.19. The number of urea groups is 1. The molecule has 0 spiro atoms. The van der Waals surface area contributed by atoms with Crippen molar-refractivity contribution in [3.63, 3.8) is 0 Å². The molecule has 2 rings (SSSR count). The number of hydrogen-bond acceptors (Lipinski definition) is 3. The number of methoxy groups -OCH3 is 1. The van der Waals surface area contributed by atoms with Gasteiger partial charge in [0, 0.05) is 39.1 Å². The summed E-state index contributed by atoms with van der Waals surface area (Å²) < 4.78 is 4.99. The van der Waals surface area contributed by atoms with Gasteiger partial charge in [-0.25, -0.2) is 4.79 Å². The van der Waals surface area contributed by atoms with Crippen LogP contribution in [0.15, 0.2) is 48.8 Å². The number of rotatable bonds is 8. The van der Waals surface area contributed by atoms with Gasteiger partial charge in [-0.1, -0.05) is 37.3 Å². The Morgan fingerprint density at radius 1 is 1.12 bits per heavy atom. The highest BCUT2D eigenvalue weighted by Crippen LogP contribution is 2.11. The fraction of sp³-hybridized carbons (Fsp3) is 0.368. The monoisotopic (exact) mass is 327 g/mol. The molecule has 2 aromatic rings. The van der Waals surface area contributed by atoms with Crippen molar-refractivity contribution >= 4 is 6.03 Å². The Morgan fingerprint density at radius 2 is 1.83 bits per heavy atom. The smallest absolute Gasteiger partial charge is 0.318 e. The van der Waals surface area contributed by atoms with Gasteiger partial charge in [0.2, 0.25) is 0 Å². The number of ether oxygens (including phenoxy) is 1. The number of hydrogen-bond donors (Lipinski definition) is 1. The van der Waals surface area contributed by atoms with Crippen molar-refractivity contribution in [2.45, 2.75) is 26.4 Å². The highest BCUT2D eigenvalue weighted by atomic mass is 16.5. The lowest BCUT2D eigenvalue weighted by Gasteiger charge is -2.23. The quantitative estimate of drug-likeness (QED) is 0.758. The molecule has 0 atom stereocenters. The van der Waals surface area contributed by atoms with E-state index in [2.05, 4.69) is 41.5 Å². The molecule has 5 nitrogen and oxygen atoms in total. The van der Waals surface area contributed by atoms with Gasteiger partial charge in [0.15, 0.2) is 0 Å². The summed E-state index contributed by atoms with van der Waals surface area (Å²) in [5.74, 6) is 0. The van der Waals surface area contributed by atoms with E-state index in [1.807, 2.05) is 12.1 Å². The lowest BCUT2D eigenvalue weighted by Crippen LogP contribution is -2.40. The lowest BCUT2D eigenvalue weighted by atomic mass is 10.1. The molecule has 1 heterocycles. The van der Waals surface area contributed by atoms with E-state index in [9.17, 15) is 4.79 Å². The third-order valence-electron chi connectivity index (χ3n) is 3.77. The Labute approximate surface area is 143 Å². The molecule has 0 bridgehead atoms. The second-order valence-corrected chi connectivity index (χ2v) is 5.61. The average molecular weight is 327 g/mol. The highest BCUT2D eigenvalue weighted by molar-refractivity contribution is 5.74. The lowest BCUT2D eigenvalue weighted by molar-refractivity contribution is 0.176. The Morgan fingerprint density at radius 3 is 2.46 bits per heavy atom. The van der Waals surface area contributed by atoms with Crippen LogP contribution in [0.4, 0.5) is 4.79 Å². The van der Waals surface area contributed by atoms with E-state index in [4.69, 9.17) is 4.74 Å². The molecule has 0 unspecified atom stereocenters. The maximum atomic E-state index is 12.5. The number of amides is 2. The van der Waals surface area contributed by atoms with Crippen LogP contribution < -0.4 is 5.32 Å². The number of carbonyl (C=O) groups is 1. The Balaban J connectivity index is 2.06. The minimum atomic E-state index is -0.101. The third-order valence-corrected chi connectivity index (χ3v) is 3.77. The molecule has 0 fully saturated rings. The molecule has 1 N–H and O–H groups in total. The van der Waals surface area contributed by atoms with E-state index in [0.29, 0.717) is 26.2 Å². The summed E-state index contributed by atoms with van der Waals surface area (Å²) in [7, 11) is 1.62. The first-order valence-corrected chi connectivity index (χ1v) is 8.21. The molecule has 0 saturated carbocycles. The van der Waals surface area contributed by atoms with Crippen molar-refractivity contribution in [1.29, 1.82) is 0 Å². The van der Waals surface area contributed by atoms with Gasteiger partial charge in [0.25, 0.3) is 0 Å². The van der Waals surface area contributed by atoms with E-state index >= 15 is 0 Å². The van der Waals surface area contributed by atoms with Crippen molar-refractivity contribution in [3.8, 4) is 0 Å². The van der Waals surface area contributed by atoms with E-state index in [1.54, 1.807) is 24.4 Å². The Kier molecular flexibility index (Phi) is 7.23. The first kappa shape index (κ1) is 17.9. The van der Waals surface area contributed by atoms with E-state index in [-0.39, 0.29) is 6.03 Å². The minimum absolute atomic E-state index is 0.101. The normalized spacial score (nSPS) is 10.4. The predicted octanol–water partition coefficient (Wildman–Crippen LogP) is 3.00. The zero-order valence-electron chi connectivity index (χ0n) is 14.4.